The van der Waals surface area contributed by atoms with Gasteiger partial charge in [0.2, 0.25) is 0 Å². The van der Waals surface area contributed by atoms with Crippen molar-refractivity contribution in [1.29, 1.82) is 0 Å². The molecule has 1 aliphatic rings. The van der Waals surface area contributed by atoms with E-state index < -0.39 is 5.97 Å². The van der Waals surface area contributed by atoms with Crippen LogP contribution < -0.4 is 0 Å². The van der Waals surface area contributed by atoms with Crippen molar-refractivity contribution >= 4 is 17.6 Å². The number of carboxylic acid groups (broad SMARTS) is 1. The number of carboxylic acids is 1. The molecule has 102 valence electrons. The molecule has 1 aromatic carbocycles. The SMILES string of the molecule is O=C(O)c1nc(C2CCc3ccccc3C2)ncc1Cl. The summed E-state index contributed by atoms with van der Waals surface area (Å²) in [6.07, 6.45) is 4.12. The van der Waals surface area contributed by atoms with E-state index in [2.05, 4.69) is 22.1 Å². The Morgan fingerprint density at radius 2 is 2.05 bits per heavy atom. The third-order valence-electron chi connectivity index (χ3n) is 3.68. The molecule has 0 saturated heterocycles. The zero-order valence-electron chi connectivity index (χ0n) is 10.7. The van der Waals surface area contributed by atoms with Gasteiger partial charge in [-0.1, -0.05) is 35.9 Å². The standard InChI is InChI=1S/C15H13ClN2O2/c16-12-8-17-14(18-13(12)15(19)20)11-6-5-9-3-1-2-4-10(9)7-11/h1-4,8,11H,5-7H2,(H,19,20). The quantitative estimate of drug-likeness (QED) is 0.922. The number of carbonyl (C=O) groups is 1. The van der Waals surface area contributed by atoms with Gasteiger partial charge in [-0.15, -0.1) is 0 Å². The highest BCUT2D eigenvalue weighted by molar-refractivity contribution is 6.33. The van der Waals surface area contributed by atoms with Crippen molar-refractivity contribution in [3.05, 3.63) is 58.1 Å². The fourth-order valence-corrected chi connectivity index (χ4v) is 2.82. The Morgan fingerprint density at radius 1 is 1.30 bits per heavy atom. The van der Waals surface area contributed by atoms with Gasteiger partial charge >= 0.3 is 5.97 Å². The lowest BCUT2D eigenvalue weighted by Gasteiger charge is -2.23. The number of aromatic nitrogens is 2. The average molecular weight is 289 g/mol. The van der Waals surface area contributed by atoms with Crippen LogP contribution in [0.4, 0.5) is 0 Å². The van der Waals surface area contributed by atoms with Gasteiger partial charge in [0.1, 0.15) is 5.82 Å². The predicted molar refractivity (Wildman–Crippen MR) is 75.2 cm³/mol. The molecular weight excluding hydrogens is 276 g/mol. The third kappa shape index (κ3) is 2.39. The smallest absolute Gasteiger partial charge is 0.356 e. The largest absolute Gasteiger partial charge is 0.476 e. The van der Waals surface area contributed by atoms with Crippen molar-refractivity contribution in [2.45, 2.75) is 25.2 Å². The molecule has 0 radical (unpaired) electrons. The van der Waals surface area contributed by atoms with Crippen molar-refractivity contribution in [1.82, 2.24) is 9.97 Å². The van der Waals surface area contributed by atoms with E-state index in [0.717, 1.165) is 19.3 Å². The first kappa shape index (κ1) is 13.1. The summed E-state index contributed by atoms with van der Waals surface area (Å²) < 4.78 is 0. The van der Waals surface area contributed by atoms with Gasteiger partial charge < -0.3 is 5.11 Å². The lowest BCUT2D eigenvalue weighted by atomic mass is 9.83. The van der Waals surface area contributed by atoms with E-state index >= 15 is 0 Å². The molecule has 1 aromatic heterocycles. The zero-order chi connectivity index (χ0) is 14.1. The molecule has 0 aliphatic heterocycles. The first-order valence-corrected chi connectivity index (χ1v) is 6.85. The number of hydrogen-bond donors (Lipinski definition) is 1. The van der Waals surface area contributed by atoms with Crippen molar-refractivity contribution in [2.75, 3.05) is 0 Å². The van der Waals surface area contributed by atoms with Crippen molar-refractivity contribution in [3.8, 4) is 0 Å². The van der Waals surface area contributed by atoms with Crippen LogP contribution in [0.3, 0.4) is 0 Å². The molecule has 4 nitrogen and oxygen atoms in total. The number of aromatic carboxylic acids is 1. The van der Waals surface area contributed by atoms with E-state index in [1.54, 1.807) is 0 Å². The van der Waals surface area contributed by atoms with Crippen LogP contribution in [-0.4, -0.2) is 21.0 Å². The monoisotopic (exact) mass is 288 g/mol. The van der Waals surface area contributed by atoms with Crippen LogP contribution in [0.2, 0.25) is 5.02 Å². The summed E-state index contributed by atoms with van der Waals surface area (Å²) in [4.78, 5) is 19.4. The van der Waals surface area contributed by atoms with Crippen molar-refractivity contribution in [3.63, 3.8) is 0 Å². The van der Waals surface area contributed by atoms with Crippen LogP contribution in [0.15, 0.2) is 30.5 Å². The zero-order valence-corrected chi connectivity index (χ0v) is 11.5. The second-order valence-corrected chi connectivity index (χ2v) is 5.35. The summed E-state index contributed by atoms with van der Waals surface area (Å²) >= 11 is 5.81. The first-order chi connectivity index (χ1) is 9.65. The van der Waals surface area contributed by atoms with E-state index in [-0.39, 0.29) is 16.6 Å². The number of aryl methyl sites for hydroxylation is 1. The van der Waals surface area contributed by atoms with Gasteiger partial charge in [0.15, 0.2) is 5.69 Å². The molecule has 1 heterocycles. The van der Waals surface area contributed by atoms with Crippen molar-refractivity contribution < 1.29 is 9.90 Å². The maximum Gasteiger partial charge on any atom is 0.356 e. The number of rotatable bonds is 2. The molecule has 3 rings (SSSR count). The van der Waals surface area contributed by atoms with Gasteiger partial charge in [0, 0.05) is 5.92 Å². The topological polar surface area (TPSA) is 63.1 Å². The summed E-state index contributed by atoms with van der Waals surface area (Å²) in [5.41, 5.74) is 2.53. The minimum atomic E-state index is -1.12. The fraction of sp³-hybridized carbons (Fsp3) is 0.267. The maximum absolute atomic E-state index is 11.1. The Balaban J connectivity index is 1.92. The summed E-state index contributed by atoms with van der Waals surface area (Å²) in [6, 6.07) is 8.31. The van der Waals surface area contributed by atoms with E-state index in [1.807, 2.05) is 12.1 Å². The predicted octanol–water partition coefficient (Wildman–Crippen LogP) is 3.10. The Bertz CT molecular complexity index is 673. The lowest BCUT2D eigenvalue weighted by Crippen LogP contribution is -2.17. The van der Waals surface area contributed by atoms with Gasteiger partial charge in [-0.2, -0.15) is 0 Å². The number of hydrogen-bond acceptors (Lipinski definition) is 3. The van der Waals surface area contributed by atoms with Gasteiger partial charge in [-0.3, -0.25) is 0 Å². The van der Waals surface area contributed by atoms with Crippen LogP contribution in [0.1, 0.15) is 39.8 Å². The van der Waals surface area contributed by atoms with E-state index in [0.29, 0.717) is 5.82 Å². The molecule has 0 bridgehead atoms. The fourth-order valence-electron chi connectivity index (χ4n) is 2.65. The molecule has 1 unspecified atom stereocenters. The second kappa shape index (κ2) is 5.21. The summed E-state index contributed by atoms with van der Waals surface area (Å²) in [5, 5.41) is 9.15. The summed E-state index contributed by atoms with van der Waals surface area (Å²) in [6.45, 7) is 0. The molecule has 0 amide bonds. The molecule has 0 saturated carbocycles. The molecule has 0 fully saturated rings. The number of fused-ring (bicyclic) bond motifs is 1. The van der Waals surface area contributed by atoms with Gasteiger partial charge in [0.05, 0.1) is 11.2 Å². The van der Waals surface area contributed by atoms with Crippen molar-refractivity contribution in [2.24, 2.45) is 0 Å². The number of halogens is 1. The van der Waals surface area contributed by atoms with Crippen LogP contribution in [0, 0.1) is 0 Å². The molecular formula is C15H13ClN2O2. The minimum absolute atomic E-state index is 0.0810. The van der Waals surface area contributed by atoms with Gasteiger partial charge in [-0.05, 0) is 30.4 Å². The average Bonchev–Trinajstić information content (AvgIpc) is 2.47. The van der Waals surface area contributed by atoms with Gasteiger partial charge in [-0.25, -0.2) is 14.8 Å². The van der Waals surface area contributed by atoms with E-state index in [1.165, 1.54) is 17.3 Å². The molecule has 20 heavy (non-hydrogen) atoms. The minimum Gasteiger partial charge on any atom is -0.476 e. The van der Waals surface area contributed by atoms with Crippen LogP contribution in [0.25, 0.3) is 0 Å². The highest BCUT2D eigenvalue weighted by Crippen LogP contribution is 2.31. The van der Waals surface area contributed by atoms with Gasteiger partial charge in [0.25, 0.3) is 0 Å². The summed E-state index contributed by atoms with van der Waals surface area (Å²) in [5.74, 6) is -0.392. The molecule has 2 aromatic rings. The molecule has 1 aliphatic carbocycles. The lowest BCUT2D eigenvalue weighted by molar-refractivity contribution is 0.0690. The molecule has 0 spiro atoms. The Kier molecular flexibility index (Phi) is 3.40. The van der Waals surface area contributed by atoms with Crippen LogP contribution >= 0.6 is 11.6 Å². The van der Waals surface area contributed by atoms with Crippen LogP contribution in [0.5, 0.6) is 0 Å². The maximum atomic E-state index is 11.1. The Morgan fingerprint density at radius 3 is 2.80 bits per heavy atom. The van der Waals surface area contributed by atoms with E-state index in [9.17, 15) is 4.79 Å². The highest BCUT2D eigenvalue weighted by Gasteiger charge is 2.23. The highest BCUT2D eigenvalue weighted by atomic mass is 35.5. The molecule has 1 atom stereocenters. The van der Waals surface area contributed by atoms with E-state index in [4.69, 9.17) is 16.7 Å². The molecule has 5 heteroatoms. The molecule has 1 N–H and O–H groups in total. The number of benzene rings is 1. The third-order valence-corrected chi connectivity index (χ3v) is 3.95. The number of nitrogens with zero attached hydrogens (tertiary/aromatic N) is 2. The first-order valence-electron chi connectivity index (χ1n) is 6.47. The normalized spacial score (nSPS) is 17.6. The second-order valence-electron chi connectivity index (χ2n) is 4.94. The summed E-state index contributed by atoms with van der Waals surface area (Å²) in [7, 11) is 0. The Labute approximate surface area is 121 Å². The van der Waals surface area contributed by atoms with Crippen LogP contribution in [-0.2, 0) is 12.8 Å². The Hall–Kier alpha value is -1.94.